The summed E-state index contributed by atoms with van der Waals surface area (Å²) in [5.74, 6) is -2.83. The Morgan fingerprint density at radius 1 is 0.541 bits per heavy atom. The van der Waals surface area contributed by atoms with Gasteiger partial charge in [-0.3, -0.25) is 0 Å². The standard InChI is InChI=1S/C8H8F5N.C8H8N2.C7H8ClN.C7H8FN.C6H5F2N.C6H6FN.C6H6IN.C6H7N/c1-4-3-7(10,8(11,12)13)6(14)2-5(4)9;1-6-2-3-8(10)7(4-6)5-9;2*1-5-2-3-7(9)6(8)4-5;7-4-1-2-6(9)5(8)3-4;2*7-5-1-3-6(8)4-2-5;7-6-4-2-1-3-5-6/h2-3,6H,14H2,1H3;2-4H,10H2,1H3;2*2-4H,9H2,1H3;1-3H,9H2;2*1-4H,8H2;1-5H,7H2. The maximum atomic E-state index is 13.4. The van der Waals surface area contributed by atoms with Crippen LogP contribution in [-0.4, -0.2) is 17.9 Å². The smallest absolute Gasteiger partial charge is 0.399 e. The van der Waals surface area contributed by atoms with Gasteiger partial charge in [0.25, 0.3) is 0 Å². The molecule has 2 unspecified atom stereocenters. The van der Waals surface area contributed by atoms with Crippen LogP contribution in [0.25, 0.3) is 0 Å². The lowest BCUT2D eigenvalue weighted by Crippen LogP contribution is -2.54. The Morgan fingerprint density at radius 2 is 0.959 bits per heavy atom. The van der Waals surface area contributed by atoms with Crippen molar-refractivity contribution in [3.05, 3.63) is 229 Å². The van der Waals surface area contributed by atoms with Gasteiger partial charge in [0.15, 0.2) is 0 Å². The van der Waals surface area contributed by atoms with Gasteiger partial charge in [-0.05, 0) is 194 Å². The summed E-state index contributed by atoms with van der Waals surface area (Å²) in [4.78, 5) is 0. The molecule has 394 valence electrons. The first-order chi connectivity index (χ1) is 34.5. The fourth-order valence-corrected chi connectivity index (χ4v) is 5.67. The number of allylic oxidation sites excluding steroid dienone is 2. The van der Waals surface area contributed by atoms with Crippen LogP contribution in [-0.2, 0) is 0 Å². The molecule has 0 fully saturated rings. The van der Waals surface area contributed by atoms with Crippen LogP contribution in [0, 0.1) is 58.9 Å². The lowest BCUT2D eigenvalue weighted by molar-refractivity contribution is -0.215. The predicted molar refractivity (Wildman–Crippen MR) is 293 cm³/mol. The largest absolute Gasteiger partial charge is 0.428 e. The first-order valence-electron chi connectivity index (χ1n) is 21.4. The van der Waals surface area contributed by atoms with Gasteiger partial charge >= 0.3 is 6.18 Å². The number of alkyl halides is 4. The molecule has 0 saturated carbocycles. The third-order valence-corrected chi connectivity index (χ3v) is 10.2. The van der Waals surface area contributed by atoms with E-state index < -0.39 is 40.9 Å². The number of benzene rings is 7. The average molecular weight is 1160 g/mol. The van der Waals surface area contributed by atoms with Crippen LogP contribution < -0.4 is 45.9 Å². The molecule has 8 rings (SSSR count). The Morgan fingerprint density at radius 3 is 1.32 bits per heavy atom. The zero-order chi connectivity index (χ0) is 56.3. The zero-order valence-corrected chi connectivity index (χ0v) is 43.3. The Balaban J connectivity index is 0.000000426. The van der Waals surface area contributed by atoms with Crippen molar-refractivity contribution in [2.24, 2.45) is 5.73 Å². The second-order valence-electron chi connectivity index (χ2n) is 15.6. The van der Waals surface area contributed by atoms with E-state index in [9.17, 15) is 39.5 Å². The fraction of sp³-hybridized carbons (Fsp3) is 0.130. The lowest BCUT2D eigenvalue weighted by Gasteiger charge is -2.31. The van der Waals surface area contributed by atoms with E-state index in [0.29, 0.717) is 33.7 Å². The number of nitrogens with zero attached hydrogens (tertiary/aromatic N) is 1. The van der Waals surface area contributed by atoms with Gasteiger partial charge in [0.1, 0.15) is 35.2 Å². The molecular formula is C54H56ClF9IN9. The highest BCUT2D eigenvalue weighted by atomic mass is 127. The molecule has 20 heteroatoms. The SMILES string of the molecule is CC1=CC(F)(C(F)(F)F)C(N)C=C1F.Cc1ccc(N)c(C#N)c1.Cc1ccc(N)c(Cl)c1.Cc1ccc(N)c(F)c1.Nc1ccc(F)cc1.Nc1ccc(F)cc1F.Nc1ccc(I)cc1.Nc1ccccc1. The first kappa shape index (κ1) is 64.5. The van der Waals surface area contributed by atoms with Crippen LogP contribution in [0.2, 0.25) is 5.02 Å². The van der Waals surface area contributed by atoms with Crippen molar-refractivity contribution >= 4 is 74.0 Å². The number of rotatable bonds is 0. The molecule has 9 nitrogen and oxygen atoms in total. The number of aryl methyl sites for hydroxylation is 3. The van der Waals surface area contributed by atoms with Gasteiger partial charge in [0.2, 0.25) is 5.67 Å². The van der Waals surface area contributed by atoms with Crippen molar-refractivity contribution in [2.75, 3.05) is 40.1 Å². The van der Waals surface area contributed by atoms with E-state index in [1.165, 1.54) is 40.0 Å². The minimum absolute atomic E-state index is 0.0311. The second kappa shape index (κ2) is 31.8. The second-order valence-corrected chi connectivity index (χ2v) is 17.2. The van der Waals surface area contributed by atoms with Crippen molar-refractivity contribution in [2.45, 2.75) is 45.6 Å². The molecule has 16 N–H and O–H groups in total. The summed E-state index contributed by atoms with van der Waals surface area (Å²) in [6.45, 7) is 6.78. The highest BCUT2D eigenvalue weighted by Crippen LogP contribution is 2.42. The summed E-state index contributed by atoms with van der Waals surface area (Å²) in [6, 6.07) is 41.7. The number of hydrogen-bond donors (Lipinski definition) is 8. The molecule has 1 aliphatic carbocycles. The number of hydrogen-bond acceptors (Lipinski definition) is 9. The molecule has 0 spiro atoms. The normalized spacial score (nSPS) is 13.9. The van der Waals surface area contributed by atoms with E-state index in [0.717, 1.165) is 47.1 Å². The molecular weight excluding hydrogens is 1110 g/mol. The van der Waals surface area contributed by atoms with Crippen molar-refractivity contribution in [3.8, 4) is 6.07 Å². The van der Waals surface area contributed by atoms with Crippen LogP contribution in [0.5, 0.6) is 0 Å². The molecule has 0 saturated heterocycles. The molecule has 0 aromatic heterocycles. The molecule has 0 aliphatic heterocycles. The van der Waals surface area contributed by atoms with Crippen LogP contribution in [0.4, 0.5) is 79.3 Å². The average Bonchev–Trinajstić information content (AvgIpc) is 3.34. The number of para-hydroxylation sites is 1. The Labute approximate surface area is 443 Å². The summed E-state index contributed by atoms with van der Waals surface area (Å²) in [7, 11) is 0. The van der Waals surface area contributed by atoms with Gasteiger partial charge in [0.05, 0.1) is 33.7 Å². The Bertz CT molecular complexity index is 2720. The van der Waals surface area contributed by atoms with Crippen LogP contribution >= 0.6 is 34.2 Å². The third kappa shape index (κ3) is 24.7. The van der Waals surface area contributed by atoms with Crippen LogP contribution in [0.3, 0.4) is 0 Å². The van der Waals surface area contributed by atoms with Crippen LogP contribution in [0.15, 0.2) is 175 Å². The van der Waals surface area contributed by atoms with E-state index >= 15 is 0 Å². The molecule has 74 heavy (non-hydrogen) atoms. The van der Waals surface area contributed by atoms with E-state index in [1.807, 2.05) is 99.6 Å². The van der Waals surface area contributed by atoms with E-state index in [-0.39, 0.29) is 29.1 Å². The molecule has 7 aromatic rings. The van der Waals surface area contributed by atoms with Crippen LogP contribution in [0.1, 0.15) is 29.2 Å². The zero-order valence-electron chi connectivity index (χ0n) is 40.4. The molecule has 0 radical (unpaired) electrons. The number of nitriles is 1. The third-order valence-electron chi connectivity index (χ3n) is 9.19. The van der Waals surface area contributed by atoms with Gasteiger partial charge in [-0.2, -0.15) is 18.4 Å². The van der Waals surface area contributed by atoms with Crippen molar-refractivity contribution in [3.63, 3.8) is 0 Å². The maximum Gasteiger partial charge on any atom is 0.428 e. The first-order valence-corrected chi connectivity index (χ1v) is 22.9. The number of halogens is 11. The monoisotopic (exact) mass is 1160 g/mol. The number of nitrogens with two attached hydrogens (primary N) is 8. The van der Waals surface area contributed by atoms with Crippen molar-refractivity contribution < 1.29 is 39.5 Å². The van der Waals surface area contributed by atoms with Gasteiger partial charge in [0, 0.05) is 32.4 Å². The molecule has 2 atom stereocenters. The van der Waals surface area contributed by atoms with Gasteiger partial charge in [-0.1, -0.05) is 48.0 Å². The topological polar surface area (TPSA) is 232 Å². The van der Waals surface area contributed by atoms with E-state index in [2.05, 4.69) is 22.6 Å². The highest BCUT2D eigenvalue weighted by molar-refractivity contribution is 14.1. The summed E-state index contributed by atoms with van der Waals surface area (Å²) in [5.41, 5.74) is 45.3. The maximum absolute atomic E-state index is 13.4. The fourth-order valence-electron chi connectivity index (χ4n) is 5.07. The van der Waals surface area contributed by atoms with E-state index in [4.69, 9.17) is 62.7 Å². The molecule has 0 bridgehead atoms. The Hall–Kier alpha value is -7.54. The summed E-state index contributed by atoms with van der Waals surface area (Å²) in [5, 5.41) is 9.15. The van der Waals surface area contributed by atoms with Gasteiger partial charge in [-0.25, -0.2) is 26.3 Å². The van der Waals surface area contributed by atoms with E-state index in [1.54, 1.807) is 30.3 Å². The predicted octanol–water partition coefficient (Wildman–Crippen LogP) is 13.9. The quantitative estimate of drug-likeness (QED) is 0.0409. The minimum atomic E-state index is -5.13. The minimum Gasteiger partial charge on any atom is -0.399 e. The Kier molecular flexibility index (Phi) is 27.7. The molecule has 1 aliphatic rings. The lowest BCUT2D eigenvalue weighted by atomic mass is 9.88. The van der Waals surface area contributed by atoms with Crippen molar-refractivity contribution in [1.82, 2.24) is 0 Å². The number of nitrogen functional groups attached to an aromatic ring is 7. The van der Waals surface area contributed by atoms with Gasteiger partial charge in [-0.15, -0.1) is 0 Å². The molecule has 0 heterocycles. The van der Waals surface area contributed by atoms with Gasteiger partial charge < -0.3 is 45.9 Å². The molecule has 0 amide bonds. The number of anilines is 7. The molecule has 7 aromatic carbocycles. The summed E-state index contributed by atoms with van der Waals surface area (Å²) < 4.78 is 113. The highest BCUT2D eigenvalue weighted by Gasteiger charge is 2.59. The van der Waals surface area contributed by atoms with Crippen molar-refractivity contribution in [1.29, 1.82) is 5.26 Å². The summed E-state index contributed by atoms with van der Waals surface area (Å²) in [6.07, 6.45) is -4.53. The summed E-state index contributed by atoms with van der Waals surface area (Å²) >= 11 is 7.93.